The topological polar surface area (TPSA) is 98.6 Å². The van der Waals surface area contributed by atoms with Crippen LogP contribution in [0.25, 0.3) is 21.8 Å². The van der Waals surface area contributed by atoms with Gasteiger partial charge in [0.05, 0.1) is 13.7 Å². The normalized spacial score (nSPS) is 11.1. The van der Waals surface area contributed by atoms with E-state index in [1.165, 1.54) is 7.11 Å². The van der Waals surface area contributed by atoms with Gasteiger partial charge in [0.25, 0.3) is 0 Å². The maximum atomic E-state index is 12.3. The summed E-state index contributed by atoms with van der Waals surface area (Å²) in [5, 5.41) is 14.6. The maximum Gasteiger partial charge on any atom is 0.357 e. The Balaban J connectivity index is 1.69. The third-order valence-electron chi connectivity index (χ3n) is 4.89. The smallest absolute Gasteiger partial charge is 0.357 e. The van der Waals surface area contributed by atoms with E-state index in [0.29, 0.717) is 12.4 Å². The predicted octanol–water partition coefficient (Wildman–Crippen LogP) is 4.62. The lowest BCUT2D eigenvalue weighted by Gasteiger charge is -2.10. The molecule has 3 heterocycles. The summed E-state index contributed by atoms with van der Waals surface area (Å²) in [4.78, 5) is 18.9. The number of imidazole rings is 1. The fourth-order valence-electron chi connectivity index (χ4n) is 3.39. The Morgan fingerprint density at radius 2 is 2.03 bits per heavy atom. The molecule has 160 valence electrons. The highest BCUT2D eigenvalue weighted by Gasteiger charge is 2.23. The van der Waals surface area contributed by atoms with Gasteiger partial charge >= 0.3 is 5.97 Å². The van der Waals surface area contributed by atoms with Crippen molar-refractivity contribution in [3.8, 4) is 21.8 Å². The van der Waals surface area contributed by atoms with Crippen molar-refractivity contribution in [2.45, 2.75) is 32.7 Å². The minimum Gasteiger partial charge on any atom is -0.464 e. The number of benzene rings is 1. The number of thiophene rings is 1. The van der Waals surface area contributed by atoms with Crippen molar-refractivity contribution in [2.75, 3.05) is 7.11 Å². The van der Waals surface area contributed by atoms with Crippen molar-refractivity contribution in [1.82, 2.24) is 30.2 Å². The fourth-order valence-corrected chi connectivity index (χ4v) is 4.70. The zero-order chi connectivity index (χ0) is 21.8. The van der Waals surface area contributed by atoms with Crippen LogP contribution in [-0.2, 0) is 17.7 Å². The van der Waals surface area contributed by atoms with Crippen LogP contribution in [0.1, 0.15) is 41.0 Å². The second kappa shape index (κ2) is 9.40. The molecule has 0 aliphatic carbocycles. The third kappa shape index (κ3) is 4.38. The number of methoxy groups -OCH3 is 1. The number of aryl methyl sites for hydroxylation is 1. The summed E-state index contributed by atoms with van der Waals surface area (Å²) in [6.07, 6.45) is 2.72. The summed E-state index contributed by atoms with van der Waals surface area (Å²) < 4.78 is 6.81. The number of ether oxygens (including phenoxy) is 1. The average molecular weight is 457 g/mol. The van der Waals surface area contributed by atoms with Crippen molar-refractivity contribution in [2.24, 2.45) is 0 Å². The number of carbonyl (C=O) groups is 1. The zero-order valence-corrected chi connectivity index (χ0v) is 18.7. The SMILES string of the molecule is CCCCc1nc(Cl)c(C(=O)OC)n1Cc1ccc(-c2ccccc2-c2nn[nH]n2)s1. The molecule has 4 aromatic rings. The second-order valence-corrected chi connectivity index (χ2v) is 8.42. The molecule has 0 amide bonds. The van der Waals surface area contributed by atoms with E-state index in [9.17, 15) is 4.79 Å². The molecule has 0 aliphatic heterocycles. The van der Waals surface area contributed by atoms with Crippen LogP contribution in [-0.4, -0.2) is 43.3 Å². The van der Waals surface area contributed by atoms with Gasteiger partial charge in [0.1, 0.15) is 5.82 Å². The van der Waals surface area contributed by atoms with E-state index in [1.54, 1.807) is 11.3 Å². The Morgan fingerprint density at radius 1 is 1.23 bits per heavy atom. The molecule has 0 saturated heterocycles. The number of aromatic amines is 1. The Morgan fingerprint density at radius 3 is 2.74 bits per heavy atom. The number of unbranched alkanes of at least 4 members (excludes halogenated alkanes) is 1. The molecule has 0 spiro atoms. The lowest BCUT2D eigenvalue weighted by Crippen LogP contribution is -2.14. The lowest BCUT2D eigenvalue weighted by atomic mass is 10.1. The molecule has 0 atom stereocenters. The number of rotatable bonds is 8. The highest BCUT2D eigenvalue weighted by atomic mass is 35.5. The highest BCUT2D eigenvalue weighted by molar-refractivity contribution is 7.15. The van der Waals surface area contributed by atoms with Crippen LogP contribution in [0.5, 0.6) is 0 Å². The highest BCUT2D eigenvalue weighted by Crippen LogP contribution is 2.35. The summed E-state index contributed by atoms with van der Waals surface area (Å²) in [5.41, 5.74) is 2.20. The van der Waals surface area contributed by atoms with Crippen LogP contribution in [0.15, 0.2) is 36.4 Å². The number of tetrazole rings is 1. The first kappa shape index (κ1) is 21.2. The molecule has 0 fully saturated rings. The summed E-state index contributed by atoms with van der Waals surface area (Å²) in [6, 6.07) is 12.0. The summed E-state index contributed by atoms with van der Waals surface area (Å²) >= 11 is 7.93. The molecule has 0 radical (unpaired) electrons. The minimum absolute atomic E-state index is 0.178. The first-order valence-corrected chi connectivity index (χ1v) is 11.1. The molecule has 0 saturated carbocycles. The Kier molecular flexibility index (Phi) is 6.43. The van der Waals surface area contributed by atoms with E-state index >= 15 is 0 Å². The average Bonchev–Trinajstić information content (AvgIpc) is 3.53. The van der Waals surface area contributed by atoms with E-state index in [4.69, 9.17) is 16.3 Å². The molecule has 4 rings (SSSR count). The Bertz CT molecular complexity index is 1180. The van der Waals surface area contributed by atoms with Crippen LogP contribution in [0.3, 0.4) is 0 Å². The van der Waals surface area contributed by atoms with Gasteiger partial charge in [0.15, 0.2) is 10.8 Å². The van der Waals surface area contributed by atoms with Gasteiger partial charge < -0.3 is 9.30 Å². The Labute approximate surface area is 188 Å². The van der Waals surface area contributed by atoms with Crippen molar-refractivity contribution >= 4 is 28.9 Å². The third-order valence-corrected chi connectivity index (χ3v) is 6.26. The molecule has 8 nitrogen and oxygen atoms in total. The van der Waals surface area contributed by atoms with Crippen LogP contribution >= 0.6 is 22.9 Å². The maximum absolute atomic E-state index is 12.3. The standard InChI is InChI=1S/C21H21ClN6O2S/c1-3-4-9-17-23-19(22)18(21(29)30-2)28(17)12-13-10-11-16(31-13)14-7-5-6-8-15(14)20-24-26-27-25-20/h5-8,10-11H,3-4,9,12H2,1-2H3,(H,24,25,26,27). The Hall–Kier alpha value is -3.04. The number of nitrogens with zero attached hydrogens (tertiary/aromatic N) is 5. The molecular formula is C21H21ClN6O2S. The van der Waals surface area contributed by atoms with Crippen molar-refractivity contribution in [3.05, 3.63) is 57.9 Å². The van der Waals surface area contributed by atoms with Gasteiger partial charge in [-0.2, -0.15) is 5.21 Å². The number of halogens is 1. The van der Waals surface area contributed by atoms with Gasteiger partial charge in [0.2, 0.25) is 5.82 Å². The number of hydrogen-bond acceptors (Lipinski definition) is 7. The number of H-pyrrole nitrogens is 1. The molecule has 31 heavy (non-hydrogen) atoms. The van der Waals surface area contributed by atoms with Gasteiger partial charge in [0, 0.05) is 27.3 Å². The van der Waals surface area contributed by atoms with Gasteiger partial charge in [-0.25, -0.2) is 9.78 Å². The zero-order valence-electron chi connectivity index (χ0n) is 17.1. The van der Waals surface area contributed by atoms with E-state index in [-0.39, 0.29) is 10.8 Å². The molecule has 3 aromatic heterocycles. The molecule has 1 N–H and O–H groups in total. The van der Waals surface area contributed by atoms with Crippen molar-refractivity contribution in [3.63, 3.8) is 0 Å². The van der Waals surface area contributed by atoms with Gasteiger partial charge in [-0.1, -0.05) is 49.2 Å². The molecule has 1 aromatic carbocycles. The number of esters is 1. The molecule has 0 bridgehead atoms. The van der Waals surface area contributed by atoms with E-state index in [0.717, 1.165) is 46.0 Å². The lowest BCUT2D eigenvalue weighted by molar-refractivity contribution is 0.0589. The largest absolute Gasteiger partial charge is 0.464 e. The fraction of sp³-hybridized carbons (Fsp3) is 0.286. The van der Waals surface area contributed by atoms with E-state index in [1.807, 2.05) is 34.9 Å². The number of nitrogens with one attached hydrogen (secondary N) is 1. The monoisotopic (exact) mass is 456 g/mol. The first-order valence-electron chi connectivity index (χ1n) is 9.87. The molecule has 0 aliphatic rings. The van der Waals surface area contributed by atoms with Crippen LogP contribution in [0.2, 0.25) is 5.15 Å². The first-order chi connectivity index (χ1) is 15.1. The molecule has 0 unspecified atom stereocenters. The number of hydrogen-bond donors (Lipinski definition) is 1. The summed E-state index contributed by atoms with van der Waals surface area (Å²) in [7, 11) is 1.35. The summed E-state index contributed by atoms with van der Waals surface area (Å²) in [6.45, 7) is 2.60. The number of carbonyl (C=O) groups excluding carboxylic acids is 1. The minimum atomic E-state index is -0.487. The van der Waals surface area contributed by atoms with Gasteiger partial charge in [-0.05, 0) is 23.8 Å². The molecular weight excluding hydrogens is 436 g/mol. The second-order valence-electron chi connectivity index (χ2n) is 6.90. The number of aromatic nitrogens is 6. The quantitative estimate of drug-likeness (QED) is 0.388. The van der Waals surface area contributed by atoms with Gasteiger partial charge in [-0.15, -0.1) is 21.5 Å². The van der Waals surface area contributed by atoms with Gasteiger partial charge in [-0.3, -0.25) is 0 Å². The summed E-state index contributed by atoms with van der Waals surface area (Å²) in [5.74, 6) is 0.843. The van der Waals surface area contributed by atoms with E-state index < -0.39 is 5.97 Å². The van der Waals surface area contributed by atoms with Crippen LogP contribution < -0.4 is 0 Å². The van der Waals surface area contributed by atoms with E-state index in [2.05, 4.69) is 38.6 Å². The van der Waals surface area contributed by atoms with Crippen molar-refractivity contribution in [1.29, 1.82) is 0 Å². The molecule has 10 heteroatoms. The van der Waals surface area contributed by atoms with Crippen LogP contribution in [0.4, 0.5) is 0 Å². The van der Waals surface area contributed by atoms with Crippen LogP contribution in [0, 0.1) is 0 Å². The predicted molar refractivity (Wildman–Crippen MR) is 119 cm³/mol. The van der Waals surface area contributed by atoms with Crippen molar-refractivity contribution < 1.29 is 9.53 Å².